The predicted molar refractivity (Wildman–Crippen MR) is 101 cm³/mol. The Labute approximate surface area is 158 Å². The number of rotatable bonds is 8. The third kappa shape index (κ3) is 8.57. The van der Waals surface area contributed by atoms with Crippen molar-refractivity contribution < 1.29 is 24.4 Å². The Bertz CT molecular complexity index is 778. The molecule has 1 radical (unpaired) electrons. The van der Waals surface area contributed by atoms with Crippen molar-refractivity contribution in [3.05, 3.63) is 42.1 Å². The van der Waals surface area contributed by atoms with Crippen LogP contribution in [0.2, 0.25) is 0 Å². The van der Waals surface area contributed by atoms with Crippen LogP contribution in [0.1, 0.15) is 25.8 Å². The lowest BCUT2D eigenvalue weighted by Gasteiger charge is -2.12. The van der Waals surface area contributed by atoms with Crippen molar-refractivity contribution in [1.29, 1.82) is 0 Å². The number of aliphatic imine (C=N–C) groups is 1. The van der Waals surface area contributed by atoms with Crippen LogP contribution in [0.5, 0.6) is 0 Å². The molecule has 1 unspecified atom stereocenters. The lowest BCUT2D eigenvalue weighted by atomic mass is 10.0. The highest BCUT2D eigenvalue weighted by molar-refractivity contribution is 6.15. The van der Waals surface area contributed by atoms with E-state index in [1.165, 1.54) is 6.08 Å². The molecule has 8 nitrogen and oxygen atoms in total. The summed E-state index contributed by atoms with van der Waals surface area (Å²) in [7, 11) is 0.632. The van der Waals surface area contributed by atoms with Gasteiger partial charge in [0.2, 0.25) is 6.08 Å². The summed E-state index contributed by atoms with van der Waals surface area (Å²) >= 11 is 0. The van der Waals surface area contributed by atoms with E-state index in [0.717, 1.165) is 22.9 Å². The number of hydrogen-bond donors (Lipinski definition) is 3. The van der Waals surface area contributed by atoms with E-state index in [-0.39, 0.29) is 12.6 Å². The Hall–Kier alpha value is -2.58. The van der Waals surface area contributed by atoms with Crippen molar-refractivity contribution in [2.45, 2.75) is 39.0 Å². The van der Waals surface area contributed by atoms with Gasteiger partial charge in [0, 0.05) is 18.0 Å². The van der Waals surface area contributed by atoms with Gasteiger partial charge < -0.3 is 20.5 Å². The number of fused-ring (bicyclic) bond motifs is 1. The lowest BCUT2D eigenvalue weighted by Crippen LogP contribution is -2.27. The van der Waals surface area contributed by atoms with E-state index in [2.05, 4.69) is 14.6 Å². The van der Waals surface area contributed by atoms with Crippen molar-refractivity contribution in [3.63, 3.8) is 0 Å². The maximum Gasteiger partial charge on any atom is 0.486 e. The Morgan fingerprint density at radius 3 is 2.74 bits per heavy atom. The normalized spacial score (nSPS) is 12.5. The van der Waals surface area contributed by atoms with E-state index >= 15 is 0 Å². The third-order valence-electron chi connectivity index (χ3n) is 3.53. The van der Waals surface area contributed by atoms with Gasteiger partial charge in [-0.15, -0.1) is 0 Å². The van der Waals surface area contributed by atoms with Gasteiger partial charge in [0.25, 0.3) is 0 Å². The largest absolute Gasteiger partial charge is 0.486 e. The standard InChI is InChI=1S/C13H10N2O3.C5H13BNO2/c16-8-15-12(13(17)18)7-9-3-4-11-10(6-9)2-1-5-14-11;1-4(2)3-5(7)9-6-8/h1-6,12H,7H2,(H,17,18);4-5,8H,3,7H2,1-2H3/t;5-/m.1/s1. The fraction of sp³-hybridized carbons (Fsp3) is 0.389. The smallest absolute Gasteiger partial charge is 0.480 e. The third-order valence-corrected chi connectivity index (χ3v) is 3.53. The molecule has 2 rings (SSSR count). The van der Waals surface area contributed by atoms with Gasteiger partial charge in [-0.3, -0.25) is 4.98 Å². The van der Waals surface area contributed by atoms with E-state index in [4.69, 9.17) is 15.9 Å². The molecule has 0 aliphatic heterocycles. The van der Waals surface area contributed by atoms with E-state index < -0.39 is 12.0 Å². The second-order valence-electron chi connectivity index (χ2n) is 6.22. The summed E-state index contributed by atoms with van der Waals surface area (Å²) in [6, 6.07) is 8.06. The molecule has 0 saturated heterocycles. The van der Waals surface area contributed by atoms with Crippen LogP contribution in [0.3, 0.4) is 0 Å². The molecule has 1 aromatic heterocycles. The lowest BCUT2D eigenvalue weighted by molar-refractivity contribution is -0.138. The van der Waals surface area contributed by atoms with Crippen molar-refractivity contribution in [2.24, 2.45) is 16.6 Å². The summed E-state index contributed by atoms with van der Waals surface area (Å²) in [5.41, 5.74) is 7.00. The Morgan fingerprint density at radius 1 is 1.41 bits per heavy atom. The number of aromatic nitrogens is 1. The topological polar surface area (TPSA) is 135 Å². The zero-order valence-electron chi connectivity index (χ0n) is 15.3. The molecule has 1 aromatic carbocycles. The minimum Gasteiger partial charge on any atom is -0.480 e. The first-order valence-electron chi connectivity index (χ1n) is 8.37. The van der Waals surface area contributed by atoms with E-state index in [9.17, 15) is 9.59 Å². The zero-order valence-corrected chi connectivity index (χ0v) is 15.3. The Morgan fingerprint density at radius 2 is 2.15 bits per heavy atom. The second kappa shape index (κ2) is 11.9. The van der Waals surface area contributed by atoms with Gasteiger partial charge in [0.1, 0.15) is 0 Å². The average Bonchev–Trinajstić information content (AvgIpc) is 2.61. The number of benzene rings is 1. The second-order valence-corrected chi connectivity index (χ2v) is 6.22. The van der Waals surface area contributed by atoms with Crippen LogP contribution in [0.25, 0.3) is 10.9 Å². The highest BCUT2D eigenvalue weighted by atomic mass is 16.5. The molecule has 2 aromatic rings. The van der Waals surface area contributed by atoms with Crippen LogP contribution < -0.4 is 5.73 Å². The molecular weight excluding hydrogens is 349 g/mol. The van der Waals surface area contributed by atoms with Crippen molar-refractivity contribution in [2.75, 3.05) is 0 Å². The molecule has 0 amide bonds. The van der Waals surface area contributed by atoms with Crippen molar-refractivity contribution in [3.8, 4) is 0 Å². The van der Waals surface area contributed by atoms with Crippen LogP contribution in [-0.2, 0) is 20.7 Å². The number of nitrogens with zero attached hydrogens (tertiary/aromatic N) is 2. The number of isocyanates is 1. The first kappa shape index (κ1) is 22.5. The van der Waals surface area contributed by atoms with Gasteiger partial charge in [-0.1, -0.05) is 26.0 Å². The molecular formula is C18H23BN3O5. The predicted octanol–water partition coefficient (Wildman–Crippen LogP) is 1.43. The van der Waals surface area contributed by atoms with Gasteiger partial charge in [-0.05, 0) is 36.1 Å². The summed E-state index contributed by atoms with van der Waals surface area (Å²) in [5, 5.41) is 17.9. The van der Waals surface area contributed by atoms with Gasteiger partial charge in [0.15, 0.2) is 6.04 Å². The van der Waals surface area contributed by atoms with Crippen LogP contribution >= 0.6 is 0 Å². The zero-order chi connectivity index (χ0) is 20.2. The maximum absolute atomic E-state index is 10.9. The first-order valence-corrected chi connectivity index (χ1v) is 8.37. The molecule has 27 heavy (non-hydrogen) atoms. The molecule has 0 saturated carbocycles. The van der Waals surface area contributed by atoms with Crippen LogP contribution in [0.4, 0.5) is 0 Å². The number of aliphatic carboxylic acids is 1. The minimum atomic E-state index is -1.13. The monoisotopic (exact) mass is 372 g/mol. The number of carboxylic acids is 1. The highest BCUT2D eigenvalue weighted by Crippen LogP contribution is 2.15. The fourth-order valence-electron chi connectivity index (χ4n) is 2.33. The summed E-state index contributed by atoms with van der Waals surface area (Å²) in [6.07, 6.45) is 3.54. The molecule has 0 bridgehead atoms. The first-order chi connectivity index (χ1) is 12.9. The number of pyridine rings is 1. The molecule has 143 valence electrons. The fourth-order valence-corrected chi connectivity index (χ4v) is 2.33. The van der Waals surface area contributed by atoms with E-state index in [1.807, 2.05) is 38.1 Å². The molecule has 4 N–H and O–H groups in total. The Balaban J connectivity index is 0.000000345. The molecule has 0 aliphatic carbocycles. The quantitative estimate of drug-likeness (QED) is 0.276. The van der Waals surface area contributed by atoms with Crippen molar-refractivity contribution >= 4 is 30.6 Å². The number of carboxylic acid groups (broad SMARTS) is 1. The molecule has 9 heteroatoms. The molecule has 0 fully saturated rings. The van der Waals surface area contributed by atoms with Gasteiger partial charge >= 0.3 is 13.7 Å². The van der Waals surface area contributed by atoms with Crippen LogP contribution in [0, 0.1) is 5.92 Å². The van der Waals surface area contributed by atoms with Gasteiger partial charge in [-0.2, -0.15) is 4.99 Å². The summed E-state index contributed by atoms with van der Waals surface area (Å²) in [4.78, 5) is 28.5. The molecule has 1 heterocycles. The van der Waals surface area contributed by atoms with Gasteiger partial charge in [-0.25, -0.2) is 9.59 Å². The summed E-state index contributed by atoms with van der Waals surface area (Å²) in [5.74, 6) is -0.635. The van der Waals surface area contributed by atoms with Crippen molar-refractivity contribution in [1.82, 2.24) is 4.98 Å². The SMILES string of the molecule is CC(C)C[C@H](N)O[B]O.O=C=NC(Cc1ccc2ncccc2c1)C(=O)O. The maximum atomic E-state index is 10.9. The summed E-state index contributed by atoms with van der Waals surface area (Å²) in [6.45, 7) is 4.08. The Kier molecular flexibility index (Phi) is 9.93. The van der Waals surface area contributed by atoms with E-state index in [0.29, 0.717) is 13.6 Å². The highest BCUT2D eigenvalue weighted by Gasteiger charge is 2.16. The number of hydrogen-bond acceptors (Lipinski definition) is 7. The molecule has 0 aliphatic rings. The van der Waals surface area contributed by atoms with E-state index in [1.54, 1.807) is 12.3 Å². The number of carbonyl (C=O) groups is 1. The van der Waals surface area contributed by atoms with Gasteiger partial charge in [0.05, 0.1) is 11.7 Å². The number of carbonyl (C=O) groups excluding carboxylic acids is 1. The molecule has 2 atom stereocenters. The van der Waals surface area contributed by atoms with Crippen LogP contribution in [0.15, 0.2) is 41.5 Å². The molecule has 0 spiro atoms. The minimum absolute atomic E-state index is 0.162. The average molecular weight is 372 g/mol. The summed E-state index contributed by atoms with van der Waals surface area (Å²) < 4.78 is 4.56. The number of nitrogens with two attached hydrogens (primary N) is 1. The van der Waals surface area contributed by atoms with Crippen LogP contribution in [-0.4, -0.2) is 47.1 Å².